The van der Waals surface area contributed by atoms with Crippen LogP contribution in [0.25, 0.3) is 0 Å². The second-order valence-electron chi connectivity index (χ2n) is 7.66. The van der Waals surface area contributed by atoms with Crippen molar-refractivity contribution in [2.45, 2.75) is 43.3 Å². The lowest BCUT2D eigenvalue weighted by Crippen LogP contribution is -2.23. The maximum Gasteiger partial charge on any atom is 0.227 e. The molecule has 5 rings (SSSR count). The van der Waals surface area contributed by atoms with Gasteiger partial charge in [-0.2, -0.15) is 0 Å². The van der Waals surface area contributed by atoms with E-state index in [2.05, 4.69) is 32.3 Å². The molecule has 8 heteroatoms. The van der Waals surface area contributed by atoms with Crippen LogP contribution in [0.15, 0.2) is 46.9 Å². The summed E-state index contributed by atoms with van der Waals surface area (Å²) in [4.78, 5) is 27.7. The molecule has 1 aliphatic carbocycles. The van der Waals surface area contributed by atoms with Gasteiger partial charge in [0.25, 0.3) is 0 Å². The molecule has 0 N–H and O–H groups in total. The number of anilines is 1. The second-order valence-corrected chi connectivity index (χ2v) is 9.64. The van der Waals surface area contributed by atoms with Gasteiger partial charge in [0.2, 0.25) is 5.91 Å². The number of thiophene rings is 1. The van der Waals surface area contributed by atoms with E-state index in [0.29, 0.717) is 23.8 Å². The van der Waals surface area contributed by atoms with Crippen LogP contribution in [-0.2, 0) is 11.2 Å². The van der Waals surface area contributed by atoms with Crippen molar-refractivity contribution in [2.24, 2.45) is 0 Å². The first-order chi connectivity index (χ1) is 14.7. The zero-order valence-corrected chi connectivity index (χ0v) is 18.1. The standard InChI is InChI=1S/C22H22N4O2S2/c27-19(15-5-7-16(8-6-15)25-11-1-4-21(25)28)14-30-22-24-23-20(26(22)17-9-10-17)13-18-3-2-12-29-18/h2-3,5-8,12,17H,1,4,9-11,13-14H2. The molecule has 0 unspecified atom stereocenters. The summed E-state index contributed by atoms with van der Waals surface area (Å²) in [5.41, 5.74) is 1.53. The largest absolute Gasteiger partial charge is 0.312 e. The van der Waals surface area contributed by atoms with Gasteiger partial charge in [0.15, 0.2) is 10.9 Å². The molecule has 3 aromatic rings. The van der Waals surface area contributed by atoms with Gasteiger partial charge in [-0.3, -0.25) is 9.59 Å². The molecule has 1 saturated heterocycles. The summed E-state index contributed by atoms with van der Waals surface area (Å²) in [7, 11) is 0. The van der Waals surface area contributed by atoms with Gasteiger partial charge >= 0.3 is 0 Å². The molecule has 154 valence electrons. The van der Waals surface area contributed by atoms with E-state index in [1.807, 2.05) is 24.3 Å². The van der Waals surface area contributed by atoms with Gasteiger partial charge in [0, 0.05) is 41.6 Å². The van der Waals surface area contributed by atoms with E-state index in [4.69, 9.17) is 0 Å². The van der Waals surface area contributed by atoms with Gasteiger partial charge in [-0.05, 0) is 55.0 Å². The highest BCUT2D eigenvalue weighted by atomic mass is 32.2. The molecule has 2 aliphatic rings. The maximum atomic E-state index is 12.7. The third-order valence-corrected chi connectivity index (χ3v) is 7.29. The molecule has 0 radical (unpaired) electrons. The lowest BCUT2D eigenvalue weighted by Gasteiger charge is -2.15. The molecular formula is C22H22N4O2S2. The number of hydrogen-bond acceptors (Lipinski definition) is 6. The molecule has 1 aromatic carbocycles. The number of Topliss-reactive ketones (excluding diaryl/α,β-unsaturated/α-hetero) is 1. The van der Waals surface area contributed by atoms with Crippen LogP contribution < -0.4 is 4.90 Å². The van der Waals surface area contributed by atoms with E-state index in [-0.39, 0.29) is 11.7 Å². The van der Waals surface area contributed by atoms with Crippen molar-refractivity contribution in [3.63, 3.8) is 0 Å². The van der Waals surface area contributed by atoms with Crippen LogP contribution in [0, 0.1) is 0 Å². The predicted molar refractivity (Wildman–Crippen MR) is 119 cm³/mol. The Morgan fingerprint density at radius 1 is 1.17 bits per heavy atom. The third kappa shape index (κ3) is 4.06. The smallest absolute Gasteiger partial charge is 0.227 e. The minimum absolute atomic E-state index is 0.0597. The van der Waals surface area contributed by atoms with E-state index < -0.39 is 0 Å². The molecule has 2 aromatic heterocycles. The fourth-order valence-corrected chi connectivity index (χ4v) is 5.38. The number of carbonyl (C=O) groups is 2. The molecule has 3 heterocycles. The Morgan fingerprint density at radius 3 is 2.67 bits per heavy atom. The number of benzene rings is 1. The minimum Gasteiger partial charge on any atom is -0.312 e. The number of hydrogen-bond donors (Lipinski definition) is 0. The summed E-state index contributed by atoms with van der Waals surface area (Å²) >= 11 is 3.19. The van der Waals surface area contributed by atoms with Crippen molar-refractivity contribution >= 4 is 40.5 Å². The van der Waals surface area contributed by atoms with Crippen LogP contribution in [0.2, 0.25) is 0 Å². The van der Waals surface area contributed by atoms with Crippen molar-refractivity contribution in [1.29, 1.82) is 0 Å². The first-order valence-corrected chi connectivity index (χ1v) is 12.1. The fourth-order valence-electron chi connectivity index (χ4n) is 3.76. The minimum atomic E-state index is 0.0597. The first-order valence-electron chi connectivity index (χ1n) is 10.2. The second kappa shape index (κ2) is 8.35. The molecule has 2 fully saturated rings. The van der Waals surface area contributed by atoms with Gasteiger partial charge < -0.3 is 9.47 Å². The topological polar surface area (TPSA) is 68.1 Å². The average molecular weight is 439 g/mol. The number of aromatic nitrogens is 3. The van der Waals surface area contributed by atoms with Crippen LogP contribution in [0.4, 0.5) is 5.69 Å². The van der Waals surface area contributed by atoms with E-state index in [1.165, 1.54) is 16.6 Å². The molecule has 0 spiro atoms. The normalized spacial score (nSPS) is 16.4. The monoisotopic (exact) mass is 438 g/mol. The van der Waals surface area contributed by atoms with E-state index in [0.717, 1.165) is 48.9 Å². The lowest BCUT2D eigenvalue weighted by molar-refractivity contribution is -0.117. The third-order valence-electron chi connectivity index (χ3n) is 5.47. The Kier molecular flexibility index (Phi) is 5.43. The summed E-state index contributed by atoms with van der Waals surface area (Å²) in [6.45, 7) is 0.757. The van der Waals surface area contributed by atoms with Crippen LogP contribution in [0.5, 0.6) is 0 Å². The average Bonchev–Trinajstić information content (AvgIpc) is 3.13. The van der Waals surface area contributed by atoms with Gasteiger partial charge in [-0.1, -0.05) is 17.8 Å². The zero-order valence-electron chi connectivity index (χ0n) is 16.5. The van der Waals surface area contributed by atoms with Crippen molar-refractivity contribution in [1.82, 2.24) is 14.8 Å². The molecule has 1 aliphatic heterocycles. The molecule has 0 bridgehead atoms. The lowest BCUT2D eigenvalue weighted by atomic mass is 10.1. The molecule has 1 saturated carbocycles. The first kappa shape index (κ1) is 19.5. The molecular weight excluding hydrogens is 416 g/mol. The van der Waals surface area contributed by atoms with Crippen molar-refractivity contribution < 1.29 is 9.59 Å². The van der Waals surface area contributed by atoms with E-state index in [1.54, 1.807) is 16.2 Å². The summed E-state index contributed by atoms with van der Waals surface area (Å²) in [6, 6.07) is 12.0. The van der Waals surface area contributed by atoms with Gasteiger partial charge in [0.1, 0.15) is 5.82 Å². The summed E-state index contributed by atoms with van der Waals surface area (Å²) in [6.07, 6.45) is 4.58. The predicted octanol–water partition coefficient (Wildman–Crippen LogP) is 4.37. The Labute approximate surface area is 183 Å². The number of thioether (sulfide) groups is 1. The van der Waals surface area contributed by atoms with Crippen LogP contribution in [0.1, 0.15) is 52.8 Å². The zero-order chi connectivity index (χ0) is 20.5. The van der Waals surface area contributed by atoms with E-state index >= 15 is 0 Å². The fraction of sp³-hybridized carbons (Fsp3) is 0.364. The quantitative estimate of drug-likeness (QED) is 0.386. The molecule has 30 heavy (non-hydrogen) atoms. The Morgan fingerprint density at radius 2 is 2.00 bits per heavy atom. The summed E-state index contributed by atoms with van der Waals surface area (Å²) < 4.78 is 2.22. The number of amides is 1. The Hall–Kier alpha value is -2.45. The summed E-state index contributed by atoms with van der Waals surface area (Å²) in [5, 5.41) is 11.7. The van der Waals surface area contributed by atoms with Crippen LogP contribution >= 0.6 is 23.1 Å². The molecule has 0 atom stereocenters. The molecule has 1 amide bonds. The van der Waals surface area contributed by atoms with Gasteiger partial charge in [-0.15, -0.1) is 21.5 Å². The SMILES string of the molecule is O=C(CSc1nnc(Cc2cccs2)n1C1CC1)c1ccc(N2CCCC2=O)cc1. The van der Waals surface area contributed by atoms with Crippen molar-refractivity contribution in [3.8, 4) is 0 Å². The highest BCUT2D eigenvalue weighted by Gasteiger charge is 2.30. The Bertz CT molecular complexity index is 1060. The van der Waals surface area contributed by atoms with Crippen molar-refractivity contribution in [3.05, 3.63) is 58.0 Å². The van der Waals surface area contributed by atoms with Gasteiger partial charge in [-0.25, -0.2) is 0 Å². The molecule has 6 nitrogen and oxygen atoms in total. The van der Waals surface area contributed by atoms with Gasteiger partial charge in [0.05, 0.1) is 5.75 Å². The summed E-state index contributed by atoms with van der Waals surface area (Å²) in [5.74, 6) is 1.52. The maximum absolute atomic E-state index is 12.7. The number of ketones is 1. The van der Waals surface area contributed by atoms with Crippen LogP contribution in [-0.4, -0.2) is 38.8 Å². The van der Waals surface area contributed by atoms with E-state index in [9.17, 15) is 9.59 Å². The number of rotatable bonds is 8. The van der Waals surface area contributed by atoms with Crippen molar-refractivity contribution in [2.75, 3.05) is 17.2 Å². The number of carbonyl (C=O) groups excluding carboxylic acids is 2. The Balaban J connectivity index is 1.25. The highest BCUT2D eigenvalue weighted by Crippen LogP contribution is 2.39. The van der Waals surface area contributed by atoms with Crippen LogP contribution in [0.3, 0.4) is 0 Å². The number of nitrogens with zero attached hydrogens (tertiary/aromatic N) is 4. The highest BCUT2D eigenvalue weighted by molar-refractivity contribution is 7.99.